The van der Waals surface area contributed by atoms with Crippen molar-refractivity contribution in [3.63, 3.8) is 0 Å². The van der Waals surface area contributed by atoms with Gasteiger partial charge in [0.15, 0.2) is 0 Å². The predicted octanol–water partition coefficient (Wildman–Crippen LogP) is 1.96. The highest BCUT2D eigenvalue weighted by atomic mass is 15.1. The molecule has 0 aliphatic carbocycles. The third-order valence-corrected chi connectivity index (χ3v) is 3.07. The van der Waals surface area contributed by atoms with Crippen LogP contribution in [0, 0.1) is 0 Å². The second-order valence-electron chi connectivity index (χ2n) is 4.49. The fourth-order valence-electron chi connectivity index (χ4n) is 1.90. The average molecular weight is 256 g/mol. The Labute approximate surface area is 114 Å². The summed E-state index contributed by atoms with van der Waals surface area (Å²) < 4.78 is 0. The van der Waals surface area contributed by atoms with Crippen LogP contribution in [0.2, 0.25) is 0 Å². The third kappa shape index (κ3) is 4.12. The van der Waals surface area contributed by atoms with Gasteiger partial charge in [-0.05, 0) is 30.3 Å². The summed E-state index contributed by atoms with van der Waals surface area (Å²) in [6.07, 6.45) is 3.68. The zero-order valence-corrected chi connectivity index (χ0v) is 11.3. The molecule has 2 heterocycles. The Hall–Kier alpha value is -1.78. The second kappa shape index (κ2) is 6.97. The third-order valence-electron chi connectivity index (χ3n) is 3.07. The first-order chi connectivity index (χ1) is 9.31. The Bertz CT molecular complexity index is 481. The van der Waals surface area contributed by atoms with E-state index in [9.17, 15) is 0 Å². The van der Waals surface area contributed by atoms with Crippen LogP contribution in [0.25, 0.3) is 0 Å². The van der Waals surface area contributed by atoms with Crippen molar-refractivity contribution in [3.8, 4) is 0 Å². The topological polar surface area (TPSA) is 55.0 Å². The number of nitrogens with two attached hydrogens (primary N) is 1. The molecule has 0 saturated heterocycles. The molecule has 100 valence electrons. The molecule has 0 unspecified atom stereocenters. The van der Waals surface area contributed by atoms with E-state index in [1.54, 1.807) is 0 Å². The first-order valence-electron chi connectivity index (χ1n) is 6.58. The van der Waals surface area contributed by atoms with Crippen molar-refractivity contribution >= 4 is 0 Å². The Balaban J connectivity index is 1.98. The highest BCUT2D eigenvalue weighted by molar-refractivity contribution is 5.14. The van der Waals surface area contributed by atoms with Crippen molar-refractivity contribution in [2.75, 3.05) is 6.54 Å². The summed E-state index contributed by atoms with van der Waals surface area (Å²) >= 11 is 0. The van der Waals surface area contributed by atoms with E-state index in [2.05, 4.69) is 21.8 Å². The van der Waals surface area contributed by atoms with Crippen molar-refractivity contribution in [2.45, 2.75) is 26.6 Å². The number of hydrogen-bond acceptors (Lipinski definition) is 4. The van der Waals surface area contributed by atoms with Gasteiger partial charge >= 0.3 is 0 Å². The largest absolute Gasteiger partial charge is 0.326 e. The van der Waals surface area contributed by atoms with Crippen LogP contribution >= 0.6 is 0 Å². The molecule has 2 aromatic heterocycles. The van der Waals surface area contributed by atoms with Gasteiger partial charge in [0.1, 0.15) is 0 Å². The Morgan fingerprint density at radius 3 is 2.37 bits per heavy atom. The Morgan fingerprint density at radius 1 is 1.05 bits per heavy atom. The zero-order valence-electron chi connectivity index (χ0n) is 11.3. The Morgan fingerprint density at radius 2 is 1.84 bits per heavy atom. The van der Waals surface area contributed by atoms with E-state index in [1.807, 2.05) is 42.7 Å². The van der Waals surface area contributed by atoms with Crippen LogP contribution in [-0.4, -0.2) is 21.4 Å². The predicted molar refractivity (Wildman–Crippen MR) is 76.2 cm³/mol. The molecule has 0 atom stereocenters. The lowest BCUT2D eigenvalue weighted by atomic mass is 10.2. The Kier molecular flexibility index (Phi) is 5.01. The molecule has 2 aromatic rings. The minimum atomic E-state index is 0.540. The van der Waals surface area contributed by atoms with Gasteiger partial charge in [0.2, 0.25) is 0 Å². The minimum absolute atomic E-state index is 0.540. The van der Waals surface area contributed by atoms with Crippen LogP contribution in [0.5, 0.6) is 0 Å². The molecular formula is C15H20N4. The maximum absolute atomic E-state index is 5.57. The highest BCUT2D eigenvalue weighted by Gasteiger charge is 2.06. The van der Waals surface area contributed by atoms with Crippen molar-refractivity contribution in [1.29, 1.82) is 0 Å². The molecular weight excluding hydrogens is 236 g/mol. The van der Waals surface area contributed by atoms with Gasteiger partial charge in [-0.25, -0.2) is 0 Å². The molecule has 0 spiro atoms. The first-order valence-corrected chi connectivity index (χ1v) is 6.58. The van der Waals surface area contributed by atoms with E-state index in [-0.39, 0.29) is 0 Å². The van der Waals surface area contributed by atoms with Crippen LogP contribution in [-0.2, 0) is 19.6 Å². The van der Waals surface area contributed by atoms with Crippen LogP contribution in [0.1, 0.15) is 23.9 Å². The van der Waals surface area contributed by atoms with Gasteiger partial charge in [-0.15, -0.1) is 0 Å². The molecule has 2 N–H and O–H groups in total. The number of aromatic nitrogens is 2. The van der Waals surface area contributed by atoms with Gasteiger partial charge in [-0.3, -0.25) is 14.9 Å². The lowest BCUT2D eigenvalue weighted by Crippen LogP contribution is -2.23. The number of nitrogens with zero attached hydrogens (tertiary/aromatic N) is 3. The lowest BCUT2D eigenvalue weighted by Gasteiger charge is -2.19. The van der Waals surface area contributed by atoms with Gasteiger partial charge in [0, 0.05) is 32.0 Å². The molecule has 0 radical (unpaired) electrons. The maximum atomic E-state index is 5.57. The van der Waals surface area contributed by atoms with Crippen molar-refractivity contribution in [1.82, 2.24) is 14.9 Å². The molecule has 0 bridgehead atoms. The van der Waals surface area contributed by atoms with Crippen LogP contribution < -0.4 is 5.73 Å². The number of pyridine rings is 2. The maximum Gasteiger partial charge on any atom is 0.0544 e. The molecule has 0 saturated carbocycles. The zero-order chi connectivity index (χ0) is 13.5. The van der Waals surface area contributed by atoms with E-state index >= 15 is 0 Å². The summed E-state index contributed by atoms with van der Waals surface area (Å²) in [5.41, 5.74) is 8.79. The fraction of sp³-hybridized carbons (Fsp3) is 0.333. The highest BCUT2D eigenvalue weighted by Crippen LogP contribution is 2.07. The van der Waals surface area contributed by atoms with E-state index in [0.717, 1.165) is 36.6 Å². The van der Waals surface area contributed by atoms with E-state index in [4.69, 9.17) is 5.73 Å². The van der Waals surface area contributed by atoms with Gasteiger partial charge in [0.25, 0.3) is 0 Å². The summed E-state index contributed by atoms with van der Waals surface area (Å²) in [5.74, 6) is 0. The van der Waals surface area contributed by atoms with Crippen LogP contribution in [0.15, 0.2) is 42.7 Å². The van der Waals surface area contributed by atoms with E-state index in [1.165, 1.54) is 0 Å². The lowest BCUT2D eigenvalue weighted by molar-refractivity contribution is 0.265. The van der Waals surface area contributed by atoms with E-state index < -0.39 is 0 Å². The summed E-state index contributed by atoms with van der Waals surface area (Å²) in [6.45, 7) is 5.34. The minimum Gasteiger partial charge on any atom is -0.326 e. The number of rotatable bonds is 6. The second-order valence-corrected chi connectivity index (χ2v) is 4.49. The quantitative estimate of drug-likeness (QED) is 0.858. The standard InChI is InChI=1S/C15H20N4/c1-2-19(11-14-5-3-4-8-17-14)12-15-7-6-13(9-16)10-18-15/h3-8,10H,2,9,11-12,16H2,1H3. The molecule has 4 heteroatoms. The van der Waals surface area contributed by atoms with Gasteiger partial charge in [0.05, 0.1) is 11.4 Å². The molecule has 0 aliphatic heterocycles. The summed E-state index contributed by atoms with van der Waals surface area (Å²) in [5, 5.41) is 0. The molecule has 0 aliphatic rings. The number of hydrogen-bond donors (Lipinski definition) is 1. The summed E-state index contributed by atoms with van der Waals surface area (Å²) in [4.78, 5) is 11.1. The van der Waals surface area contributed by atoms with Gasteiger partial charge in [-0.1, -0.05) is 19.1 Å². The first kappa shape index (κ1) is 13.6. The molecule has 0 fully saturated rings. The monoisotopic (exact) mass is 256 g/mol. The van der Waals surface area contributed by atoms with Gasteiger partial charge < -0.3 is 5.73 Å². The van der Waals surface area contributed by atoms with Gasteiger partial charge in [-0.2, -0.15) is 0 Å². The average Bonchev–Trinajstić information content (AvgIpc) is 2.48. The van der Waals surface area contributed by atoms with Crippen LogP contribution in [0.4, 0.5) is 0 Å². The fourth-order valence-corrected chi connectivity index (χ4v) is 1.90. The normalized spacial score (nSPS) is 10.9. The molecule has 0 aromatic carbocycles. The molecule has 19 heavy (non-hydrogen) atoms. The molecule has 2 rings (SSSR count). The van der Waals surface area contributed by atoms with Crippen molar-refractivity contribution in [3.05, 3.63) is 59.7 Å². The van der Waals surface area contributed by atoms with Crippen LogP contribution in [0.3, 0.4) is 0 Å². The molecule has 4 nitrogen and oxygen atoms in total. The SMILES string of the molecule is CCN(Cc1ccccn1)Cc1ccc(CN)cn1. The molecule has 0 amide bonds. The van der Waals surface area contributed by atoms with E-state index in [0.29, 0.717) is 6.54 Å². The summed E-state index contributed by atoms with van der Waals surface area (Å²) in [6, 6.07) is 10.1. The van der Waals surface area contributed by atoms with Crippen molar-refractivity contribution in [2.24, 2.45) is 5.73 Å². The summed E-state index contributed by atoms with van der Waals surface area (Å²) in [7, 11) is 0. The smallest absolute Gasteiger partial charge is 0.0544 e. The van der Waals surface area contributed by atoms with Crippen molar-refractivity contribution < 1.29 is 0 Å².